The third kappa shape index (κ3) is 4.09. The van der Waals surface area contributed by atoms with Crippen molar-refractivity contribution < 1.29 is 22.3 Å². The second-order valence-corrected chi connectivity index (χ2v) is 13.5. The Bertz CT molecular complexity index is 1970. The molecule has 9 rings (SSSR count). The van der Waals surface area contributed by atoms with Crippen molar-refractivity contribution in [3.8, 4) is 29.6 Å². The molecule has 2 aromatic carbocycles. The van der Waals surface area contributed by atoms with E-state index in [9.17, 15) is 8.78 Å². The van der Waals surface area contributed by atoms with Crippen molar-refractivity contribution in [3.05, 3.63) is 53.2 Å². The molecule has 7 heterocycles. The minimum Gasteiger partial charge on any atom is -0.461 e. The smallest absolute Gasteiger partial charge is 0.319 e. The molecule has 4 fully saturated rings. The molecule has 0 radical (unpaired) electrons. The minimum atomic E-state index is -1.53. The van der Waals surface area contributed by atoms with E-state index in [-0.39, 0.29) is 70.6 Å². The molecule has 2 aromatic heterocycles. The van der Waals surface area contributed by atoms with Crippen molar-refractivity contribution in [3.63, 3.8) is 0 Å². The predicted molar refractivity (Wildman–Crippen MR) is 166 cm³/mol. The summed E-state index contributed by atoms with van der Waals surface area (Å²) in [6, 6.07) is 7.91. The van der Waals surface area contributed by atoms with Gasteiger partial charge in [-0.15, -0.1) is 6.42 Å². The van der Waals surface area contributed by atoms with Crippen molar-refractivity contribution in [2.24, 2.45) is 0 Å². The van der Waals surface area contributed by atoms with Gasteiger partial charge >= 0.3 is 6.01 Å². The van der Waals surface area contributed by atoms with Gasteiger partial charge in [-0.1, -0.05) is 30.2 Å². The lowest BCUT2D eigenvalue weighted by Crippen LogP contribution is -2.58. The molecule has 4 aromatic rings. The molecule has 4 saturated heterocycles. The molecule has 11 heteroatoms. The van der Waals surface area contributed by atoms with Crippen LogP contribution in [0.3, 0.4) is 0 Å². The van der Waals surface area contributed by atoms with E-state index in [2.05, 4.69) is 31.0 Å². The van der Waals surface area contributed by atoms with Crippen LogP contribution in [0.25, 0.3) is 32.9 Å². The number of hydrogen-bond donors (Lipinski definition) is 1. The number of anilines is 1. The van der Waals surface area contributed by atoms with Crippen molar-refractivity contribution in [1.29, 1.82) is 0 Å². The average Bonchev–Trinajstić information content (AvgIpc) is 3.70. The van der Waals surface area contributed by atoms with Crippen molar-refractivity contribution >= 4 is 27.5 Å². The molecule has 0 aliphatic carbocycles. The zero-order chi connectivity index (χ0) is 31.3. The van der Waals surface area contributed by atoms with Crippen molar-refractivity contribution in [2.75, 3.05) is 31.1 Å². The second kappa shape index (κ2) is 10.2. The lowest BCUT2D eigenvalue weighted by molar-refractivity contribution is 0.107. The zero-order valence-corrected chi connectivity index (χ0v) is 25.1. The summed E-state index contributed by atoms with van der Waals surface area (Å²) in [6.07, 6.45) is 7.36. The summed E-state index contributed by atoms with van der Waals surface area (Å²) in [5, 5.41) is 4.76. The molecule has 0 amide bonds. The Morgan fingerprint density at radius 2 is 1.96 bits per heavy atom. The Kier molecular flexibility index (Phi) is 6.29. The molecular formula is C35H32F4N6O. The maximum absolute atomic E-state index is 17.0. The van der Waals surface area contributed by atoms with Crippen LogP contribution in [0.1, 0.15) is 56.0 Å². The van der Waals surface area contributed by atoms with E-state index in [1.54, 1.807) is 24.3 Å². The first-order valence-corrected chi connectivity index (χ1v) is 16.1. The summed E-state index contributed by atoms with van der Waals surface area (Å²) < 4.78 is 69.2. The molecule has 5 aliphatic rings. The average molecular weight is 629 g/mol. The summed E-state index contributed by atoms with van der Waals surface area (Å²) in [7, 11) is 0. The second-order valence-electron chi connectivity index (χ2n) is 13.5. The van der Waals surface area contributed by atoms with Crippen LogP contribution in [-0.2, 0) is 0 Å². The predicted octanol–water partition coefficient (Wildman–Crippen LogP) is 5.78. The Morgan fingerprint density at radius 1 is 1.07 bits per heavy atom. The summed E-state index contributed by atoms with van der Waals surface area (Å²) in [4.78, 5) is 18.3. The van der Waals surface area contributed by atoms with Crippen LogP contribution in [0.4, 0.5) is 23.4 Å². The van der Waals surface area contributed by atoms with Crippen molar-refractivity contribution in [1.82, 2.24) is 25.2 Å². The fraction of sp³-hybridized carbons (Fsp3) is 0.457. The van der Waals surface area contributed by atoms with Gasteiger partial charge in [0.15, 0.2) is 5.82 Å². The monoisotopic (exact) mass is 628 g/mol. The van der Waals surface area contributed by atoms with Gasteiger partial charge in [0.1, 0.15) is 41.8 Å². The van der Waals surface area contributed by atoms with E-state index >= 15 is 8.78 Å². The Balaban J connectivity index is 1.26. The van der Waals surface area contributed by atoms with E-state index in [0.29, 0.717) is 36.1 Å². The number of alkyl halides is 2. The standard InChI is InChI=1S/C35H32F4N6O/c1-2-21-23(37)9-7-18-5-3-6-22(27(18)21)30-29(39)32-28-31(41-30)24(38)13-26-25-10-8-20(40-25)16-45(26)33(28)43-34(42-32)46-17-35-11-4-12-44(35)15-19(36)14-35/h1,3,5-7,9,19-20,24-26,40H,4,8,10-17H2/t19-,20-,24+,25+,26-,35+/m1/s1. The van der Waals surface area contributed by atoms with Crippen LogP contribution in [0.5, 0.6) is 6.01 Å². The number of terminal acetylenes is 1. The normalized spacial score (nSPS) is 30.0. The van der Waals surface area contributed by atoms with E-state index in [0.717, 1.165) is 32.2 Å². The van der Waals surface area contributed by atoms with Gasteiger partial charge in [0.25, 0.3) is 0 Å². The van der Waals surface area contributed by atoms with Gasteiger partial charge in [0.2, 0.25) is 0 Å². The summed E-state index contributed by atoms with van der Waals surface area (Å²) in [6.45, 7) is 1.92. The summed E-state index contributed by atoms with van der Waals surface area (Å²) in [5.41, 5.74) is -0.459. The first-order valence-electron chi connectivity index (χ1n) is 16.1. The van der Waals surface area contributed by atoms with E-state index in [1.807, 2.05) is 0 Å². The highest BCUT2D eigenvalue weighted by Gasteiger charge is 2.50. The van der Waals surface area contributed by atoms with Crippen LogP contribution in [0.2, 0.25) is 0 Å². The number of ether oxygens (including phenoxy) is 1. The highest BCUT2D eigenvalue weighted by atomic mass is 19.1. The highest BCUT2D eigenvalue weighted by Crippen LogP contribution is 2.47. The molecule has 0 saturated carbocycles. The first kappa shape index (κ1) is 28.2. The number of halogens is 4. The molecule has 5 aliphatic heterocycles. The maximum Gasteiger partial charge on any atom is 0.319 e. The Morgan fingerprint density at radius 3 is 2.83 bits per heavy atom. The maximum atomic E-state index is 17.0. The number of pyridine rings is 1. The quantitative estimate of drug-likeness (QED) is 0.227. The zero-order valence-electron chi connectivity index (χ0n) is 25.1. The van der Waals surface area contributed by atoms with Crippen LogP contribution in [0, 0.1) is 24.0 Å². The SMILES string of the molecule is C#Cc1c(F)ccc2cccc(-c3nc4c5c(nc(OC[C@@]67CCCN6C[C@H](F)C7)nc5c3F)N3C[C@H]5CC[C@H](N5)[C@H]3C[C@@H]4F)c12. The van der Waals surface area contributed by atoms with Gasteiger partial charge < -0.3 is 15.0 Å². The number of rotatable bonds is 4. The molecule has 236 valence electrons. The number of nitrogens with one attached hydrogen (secondary N) is 1. The molecule has 1 N–H and O–H groups in total. The Labute approximate surface area is 263 Å². The molecule has 6 atom stereocenters. The van der Waals surface area contributed by atoms with Crippen LogP contribution in [-0.4, -0.2) is 75.9 Å². The van der Waals surface area contributed by atoms with Crippen LogP contribution >= 0.6 is 0 Å². The van der Waals surface area contributed by atoms with E-state index < -0.39 is 29.5 Å². The van der Waals surface area contributed by atoms with Crippen molar-refractivity contribution in [2.45, 2.75) is 74.5 Å². The number of hydrogen-bond acceptors (Lipinski definition) is 7. The lowest BCUT2D eigenvalue weighted by Gasteiger charge is -2.41. The van der Waals surface area contributed by atoms with Gasteiger partial charge in [0, 0.05) is 55.0 Å². The summed E-state index contributed by atoms with van der Waals surface area (Å²) >= 11 is 0. The van der Waals surface area contributed by atoms with Gasteiger partial charge in [0.05, 0.1) is 22.2 Å². The molecule has 0 spiro atoms. The molecule has 46 heavy (non-hydrogen) atoms. The van der Waals surface area contributed by atoms with Crippen LogP contribution < -0.4 is 15.0 Å². The fourth-order valence-corrected chi connectivity index (χ4v) is 8.92. The third-order valence-corrected chi connectivity index (χ3v) is 11.0. The van der Waals surface area contributed by atoms with Gasteiger partial charge in [-0.2, -0.15) is 9.97 Å². The minimum absolute atomic E-state index is 0.0215. The van der Waals surface area contributed by atoms with E-state index in [4.69, 9.17) is 16.1 Å². The van der Waals surface area contributed by atoms with Crippen LogP contribution in [0.15, 0.2) is 30.3 Å². The van der Waals surface area contributed by atoms with E-state index in [1.165, 1.54) is 6.07 Å². The summed E-state index contributed by atoms with van der Waals surface area (Å²) in [5.74, 6) is 1.40. The molecular weight excluding hydrogens is 596 g/mol. The Hall–Kier alpha value is -4.01. The number of benzene rings is 2. The largest absolute Gasteiger partial charge is 0.461 e. The molecule has 7 nitrogen and oxygen atoms in total. The number of piperazine rings is 1. The first-order chi connectivity index (χ1) is 22.3. The topological polar surface area (TPSA) is 66.4 Å². The molecule has 0 unspecified atom stereocenters. The highest BCUT2D eigenvalue weighted by molar-refractivity contribution is 6.03. The number of nitrogens with zero attached hydrogens (tertiary/aromatic N) is 5. The fourth-order valence-electron chi connectivity index (χ4n) is 8.92. The number of fused-ring (bicyclic) bond motifs is 7. The third-order valence-electron chi connectivity index (χ3n) is 11.0. The van der Waals surface area contributed by atoms with Gasteiger partial charge in [-0.25, -0.2) is 22.5 Å². The van der Waals surface area contributed by atoms with Gasteiger partial charge in [-0.05, 0) is 43.7 Å². The lowest BCUT2D eigenvalue weighted by atomic mass is 9.95. The number of aromatic nitrogens is 3. The van der Waals surface area contributed by atoms with Gasteiger partial charge in [-0.3, -0.25) is 4.90 Å². The molecule has 2 bridgehead atoms.